The molecule has 3 rings (SSSR count). The highest BCUT2D eigenvalue weighted by Gasteiger charge is 2.21. The number of fused-ring (bicyclic) bond motifs is 3. The van der Waals surface area contributed by atoms with Crippen molar-refractivity contribution in [3.8, 4) is 0 Å². The molecule has 2 unspecified atom stereocenters. The monoisotopic (exact) mass is 344 g/mol. The summed E-state index contributed by atoms with van der Waals surface area (Å²) in [6.07, 6.45) is -0.712. The van der Waals surface area contributed by atoms with Crippen LogP contribution in [0.3, 0.4) is 0 Å². The summed E-state index contributed by atoms with van der Waals surface area (Å²) in [7, 11) is 0. The minimum absolute atomic E-state index is 0.0843. The number of hydrogen-bond donors (Lipinski definition) is 3. The lowest BCUT2D eigenvalue weighted by molar-refractivity contribution is 0.0614. The SMILES string of the molecule is CCOCc1nc2c(N)nc3ccccc3c2n1CC(O)C(C)CO. The third-order valence-corrected chi connectivity index (χ3v) is 4.44. The number of aromatic nitrogens is 3. The van der Waals surface area contributed by atoms with Crippen LogP contribution in [0, 0.1) is 5.92 Å². The normalized spacial score (nSPS) is 14.2. The molecule has 7 heteroatoms. The first kappa shape index (κ1) is 17.6. The number of nitrogen functional groups attached to an aromatic ring is 1. The molecule has 0 fully saturated rings. The molecule has 1 aromatic carbocycles. The summed E-state index contributed by atoms with van der Waals surface area (Å²) in [5.41, 5.74) is 8.34. The van der Waals surface area contributed by atoms with Crippen molar-refractivity contribution in [2.45, 2.75) is 33.1 Å². The van der Waals surface area contributed by atoms with E-state index in [9.17, 15) is 10.2 Å². The smallest absolute Gasteiger partial charge is 0.152 e. The van der Waals surface area contributed by atoms with Crippen LogP contribution >= 0.6 is 0 Å². The summed E-state index contributed by atoms with van der Waals surface area (Å²) in [5.74, 6) is 0.795. The van der Waals surface area contributed by atoms with E-state index in [1.807, 2.05) is 35.8 Å². The summed E-state index contributed by atoms with van der Waals surface area (Å²) in [5, 5.41) is 20.7. The molecule has 2 atom stereocenters. The van der Waals surface area contributed by atoms with Crippen molar-refractivity contribution >= 4 is 27.8 Å². The van der Waals surface area contributed by atoms with Gasteiger partial charge in [0.25, 0.3) is 0 Å². The second kappa shape index (κ2) is 7.35. The summed E-state index contributed by atoms with van der Waals surface area (Å²) in [6, 6.07) is 7.71. The van der Waals surface area contributed by atoms with Crippen molar-refractivity contribution in [2.24, 2.45) is 5.92 Å². The molecule has 3 aromatic rings. The van der Waals surface area contributed by atoms with E-state index in [0.717, 1.165) is 16.4 Å². The predicted molar refractivity (Wildman–Crippen MR) is 97.0 cm³/mol. The number of rotatable bonds is 7. The first-order chi connectivity index (χ1) is 12.1. The molecule has 2 heterocycles. The van der Waals surface area contributed by atoms with E-state index in [0.29, 0.717) is 36.9 Å². The van der Waals surface area contributed by atoms with Gasteiger partial charge in [-0.1, -0.05) is 25.1 Å². The van der Waals surface area contributed by atoms with Crippen LogP contribution in [0.15, 0.2) is 24.3 Å². The third kappa shape index (κ3) is 3.30. The second-order valence-electron chi connectivity index (χ2n) is 6.21. The minimum Gasteiger partial charge on any atom is -0.396 e. The Morgan fingerprint density at radius 1 is 1.28 bits per heavy atom. The molecule has 2 aromatic heterocycles. The number of pyridine rings is 1. The van der Waals surface area contributed by atoms with Gasteiger partial charge in [-0.2, -0.15) is 0 Å². The molecule has 0 saturated carbocycles. The predicted octanol–water partition coefficient (Wildman–Crippen LogP) is 1.69. The van der Waals surface area contributed by atoms with Gasteiger partial charge in [0.1, 0.15) is 17.9 Å². The third-order valence-electron chi connectivity index (χ3n) is 4.44. The van der Waals surface area contributed by atoms with Crippen molar-refractivity contribution < 1.29 is 14.9 Å². The lowest BCUT2D eigenvalue weighted by Gasteiger charge is -2.19. The van der Waals surface area contributed by atoms with Crippen LogP contribution in [-0.4, -0.2) is 44.1 Å². The Kier molecular flexibility index (Phi) is 5.17. The first-order valence-corrected chi connectivity index (χ1v) is 8.46. The number of nitrogens with two attached hydrogens (primary N) is 1. The van der Waals surface area contributed by atoms with E-state index in [-0.39, 0.29) is 12.5 Å². The molecule has 0 aliphatic heterocycles. The maximum Gasteiger partial charge on any atom is 0.152 e. The zero-order valence-corrected chi connectivity index (χ0v) is 14.5. The van der Waals surface area contributed by atoms with Crippen molar-refractivity contribution in [3.05, 3.63) is 30.1 Å². The van der Waals surface area contributed by atoms with E-state index in [1.54, 1.807) is 6.92 Å². The zero-order valence-electron chi connectivity index (χ0n) is 14.5. The Bertz CT molecular complexity index is 878. The zero-order chi connectivity index (χ0) is 18.0. The Labute approximate surface area is 146 Å². The Morgan fingerprint density at radius 2 is 2.04 bits per heavy atom. The molecule has 0 aliphatic carbocycles. The fraction of sp³-hybridized carbons (Fsp3) is 0.444. The molecule has 134 valence electrons. The van der Waals surface area contributed by atoms with Gasteiger partial charge in [0.05, 0.1) is 23.7 Å². The van der Waals surface area contributed by atoms with Gasteiger partial charge in [-0.3, -0.25) is 0 Å². The summed E-state index contributed by atoms with van der Waals surface area (Å²) in [4.78, 5) is 9.04. The number of nitrogens with zero attached hydrogens (tertiary/aromatic N) is 3. The summed E-state index contributed by atoms with van der Waals surface area (Å²) >= 11 is 0. The lowest BCUT2D eigenvalue weighted by atomic mass is 10.1. The number of imidazole rings is 1. The van der Waals surface area contributed by atoms with Gasteiger partial charge in [-0.05, 0) is 13.0 Å². The molecule has 0 saturated heterocycles. The highest BCUT2D eigenvalue weighted by molar-refractivity contribution is 6.06. The molecular formula is C18H24N4O3. The topological polar surface area (TPSA) is 106 Å². The van der Waals surface area contributed by atoms with Crippen LogP contribution in [0.25, 0.3) is 21.9 Å². The highest BCUT2D eigenvalue weighted by atomic mass is 16.5. The largest absolute Gasteiger partial charge is 0.396 e. The van der Waals surface area contributed by atoms with E-state index in [1.165, 1.54) is 0 Å². The van der Waals surface area contributed by atoms with Gasteiger partial charge in [0, 0.05) is 24.5 Å². The number of para-hydroxylation sites is 1. The fourth-order valence-corrected chi connectivity index (χ4v) is 2.89. The number of ether oxygens (including phenoxy) is 1. The van der Waals surface area contributed by atoms with Gasteiger partial charge in [0.15, 0.2) is 5.82 Å². The standard InChI is InChI=1S/C18H24N4O3/c1-3-25-10-15-21-16-17(22(15)8-14(24)11(2)9-23)12-6-4-5-7-13(12)20-18(16)19/h4-7,11,14,23-24H,3,8-10H2,1-2H3,(H2,19,20). The van der Waals surface area contributed by atoms with Gasteiger partial charge >= 0.3 is 0 Å². The molecule has 0 amide bonds. The van der Waals surface area contributed by atoms with Crippen LogP contribution in [0.2, 0.25) is 0 Å². The minimum atomic E-state index is -0.712. The van der Waals surface area contributed by atoms with Gasteiger partial charge in [0.2, 0.25) is 0 Å². The molecule has 25 heavy (non-hydrogen) atoms. The van der Waals surface area contributed by atoms with Crippen LogP contribution < -0.4 is 5.73 Å². The second-order valence-corrected chi connectivity index (χ2v) is 6.21. The van der Waals surface area contributed by atoms with Gasteiger partial charge < -0.3 is 25.3 Å². The molecule has 0 spiro atoms. The Hall–Kier alpha value is -2.22. The molecule has 4 N–H and O–H groups in total. The molecule has 0 aliphatic rings. The van der Waals surface area contributed by atoms with Crippen LogP contribution in [0.4, 0.5) is 5.82 Å². The van der Waals surface area contributed by atoms with Crippen molar-refractivity contribution in [3.63, 3.8) is 0 Å². The molecule has 0 radical (unpaired) electrons. The quantitative estimate of drug-likeness (QED) is 0.602. The summed E-state index contributed by atoms with van der Waals surface area (Å²) < 4.78 is 7.47. The number of hydrogen-bond acceptors (Lipinski definition) is 6. The van der Waals surface area contributed by atoms with Gasteiger partial charge in [-0.15, -0.1) is 0 Å². The number of benzene rings is 1. The number of aliphatic hydroxyl groups is 2. The molecular weight excluding hydrogens is 320 g/mol. The van der Waals surface area contributed by atoms with Crippen molar-refractivity contribution in [2.75, 3.05) is 18.9 Å². The maximum absolute atomic E-state index is 10.4. The molecule has 0 bridgehead atoms. The fourth-order valence-electron chi connectivity index (χ4n) is 2.89. The maximum atomic E-state index is 10.4. The van der Waals surface area contributed by atoms with E-state index in [2.05, 4.69) is 9.97 Å². The van der Waals surface area contributed by atoms with E-state index in [4.69, 9.17) is 10.5 Å². The van der Waals surface area contributed by atoms with E-state index < -0.39 is 6.10 Å². The Morgan fingerprint density at radius 3 is 2.76 bits per heavy atom. The van der Waals surface area contributed by atoms with Crippen molar-refractivity contribution in [1.82, 2.24) is 14.5 Å². The summed E-state index contributed by atoms with van der Waals surface area (Å²) in [6.45, 7) is 4.82. The average molecular weight is 344 g/mol. The highest BCUT2D eigenvalue weighted by Crippen LogP contribution is 2.29. The average Bonchev–Trinajstić information content (AvgIpc) is 2.98. The lowest BCUT2D eigenvalue weighted by Crippen LogP contribution is -2.27. The van der Waals surface area contributed by atoms with Crippen LogP contribution in [0.1, 0.15) is 19.7 Å². The molecule has 7 nitrogen and oxygen atoms in total. The number of anilines is 1. The van der Waals surface area contributed by atoms with Crippen LogP contribution in [0.5, 0.6) is 0 Å². The number of aliphatic hydroxyl groups excluding tert-OH is 2. The van der Waals surface area contributed by atoms with Crippen molar-refractivity contribution in [1.29, 1.82) is 0 Å². The first-order valence-electron chi connectivity index (χ1n) is 8.46. The van der Waals surface area contributed by atoms with Gasteiger partial charge in [-0.25, -0.2) is 9.97 Å². The van der Waals surface area contributed by atoms with Crippen LogP contribution in [-0.2, 0) is 17.9 Å². The Balaban J connectivity index is 2.21. The van der Waals surface area contributed by atoms with E-state index >= 15 is 0 Å².